The summed E-state index contributed by atoms with van der Waals surface area (Å²) in [6, 6.07) is 13.8. The van der Waals surface area contributed by atoms with E-state index in [-0.39, 0.29) is 5.43 Å². The molecule has 0 bridgehead atoms. The van der Waals surface area contributed by atoms with Crippen LogP contribution in [0.5, 0.6) is 5.75 Å². The van der Waals surface area contributed by atoms with Gasteiger partial charge in [0.25, 0.3) is 0 Å². The van der Waals surface area contributed by atoms with Crippen LogP contribution in [0.15, 0.2) is 62.4 Å². The largest absolute Gasteiger partial charge is 0.486 e. The number of nitrogens with zero attached hydrogens (tertiary/aromatic N) is 1. The van der Waals surface area contributed by atoms with Gasteiger partial charge in [-0.15, -0.1) is 0 Å². The van der Waals surface area contributed by atoms with Gasteiger partial charge in [-0.25, -0.2) is 0 Å². The minimum atomic E-state index is -0.0591. The Labute approximate surface area is 175 Å². The smallest absolute Gasteiger partial charge is 0.206 e. The summed E-state index contributed by atoms with van der Waals surface area (Å²) < 4.78 is 18.1. The van der Waals surface area contributed by atoms with Gasteiger partial charge < -0.3 is 18.5 Å². The van der Waals surface area contributed by atoms with Gasteiger partial charge in [-0.2, -0.15) is 0 Å². The summed E-state index contributed by atoms with van der Waals surface area (Å²) in [5.74, 6) is 1.46. The van der Waals surface area contributed by atoms with Crippen molar-refractivity contribution in [1.29, 1.82) is 0 Å². The molecule has 30 heavy (non-hydrogen) atoms. The molecule has 0 amide bonds. The Hall–Kier alpha value is -3.05. The first-order chi connectivity index (χ1) is 14.5. The lowest BCUT2D eigenvalue weighted by Gasteiger charge is -2.15. The van der Waals surface area contributed by atoms with Crippen LogP contribution < -0.4 is 10.2 Å². The number of fused-ring (bicyclic) bond motifs is 2. The van der Waals surface area contributed by atoms with Crippen LogP contribution in [0.3, 0.4) is 0 Å². The highest BCUT2D eigenvalue weighted by Gasteiger charge is 2.21. The quantitative estimate of drug-likeness (QED) is 0.407. The van der Waals surface area contributed by atoms with Gasteiger partial charge in [0.2, 0.25) is 5.75 Å². The van der Waals surface area contributed by atoms with Crippen LogP contribution >= 0.6 is 0 Å². The van der Waals surface area contributed by atoms with E-state index in [0.29, 0.717) is 47.1 Å². The second-order valence-corrected chi connectivity index (χ2v) is 8.09. The first-order valence-corrected chi connectivity index (χ1v) is 10.2. The lowest BCUT2D eigenvalue weighted by molar-refractivity contribution is 0.295. The molecular weight excluding hydrogens is 378 g/mol. The van der Waals surface area contributed by atoms with Crippen molar-refractivity contribution in [3.05, 3.63) is 75.8 Å². The molecule has 0 radical (unpaired) electrons. The van der Waals surface area contributed by atoms with E-state index in [1.165, 1.54) is 5.56 Å². The lowest BCUT2D eigenvalue weighted by atomic mass is 9.98. The van der Waals surface area contributed by atoms with E-state index >= 15 is 0 Å². The molecule has 0 aliphatic carbocycles. The van der Waals surface area contributed by atoms with Crippen LogP contribution in [-0.2, 0) is 6.54 Å². The van der Waals surface area contributed by atoms with Crippen molar-refractivity contribution in [3.8, 4) is 5.75 Å². The second-order valence-electron chi connectivity index (χ2n) is 8.09. The van der Waals surface area contributed by atoms with Crippen molar-refractivity contribution in [1.82, 2.24) is 4.90 Å². The standard InChI is InChI=1S/C25H27NO4/c1-16(18-8-6-5-7-9-18)10-12-29-25-23-20(11-13-28-23)17(2)22-21(27)14-19(15-26(3)4)30-24(22)25/h5-9,11,13-14,16H,10,12,15H2,1-4H3/t16-/m1/s1. The third-order valence-corrected chi connectivity index (χ3v) is 5.49. The molecule has 2 heterocycles. The highest BCUT2D eigenvalue weighted by atomic mass is 16.5. The van der Waals surface area contributed by atoms with E-state index in [0.717, 1.165) is 17.4 Å². The van der Waals surface area contributed by atoms with Gasteiger partial charge in [0.1, 0.15) is 5.76 Å². The number of aryl methyl sites for hydroxylation is 1. The Balaban J connectivity index is 1.73. The fourth-order valence-corrected chi connectivity index (χ4v) is 3.88. The van der Waals surface area contributed by atoms with E-state index in [1.54, 1.807) is 12.3 Å². The van der Waals surface area contributed by atoms with E-state index in [4.69, 9.17) is 13.6 Å². The maximum atomic E-state index is 12.9. The van der Waals surface area contributed by atoms with Crippen molar-refractivity contribution in [2.45, 2.75) is 32.7 Å². The van der Waals surface area contributed by atoms with Gasteiger partial charge in [0.15, 0.2) is 16.6 Å². The monoisotopic (exact) mass is 405 g/mol. The van der Waals surface area contributed by atoms with Crippen LogP contribution in [0.4, 0.5) is 0 Å². The molecule has 0 N–H and O–H groups in total. The summed E-state index contributed by atoms with van der Waals surface area (Å²) >= 11 is 0. The average Bonchev–Trinajstić information content (AvgIpc) is 3.20. The van der Waals surface area contributed by atoms with Crippen LogP contribution in [0, 0.1) is 6.92 Å². The van der Waals surface area contributed by atoms with Crippen LogP contribution in [-0.4, -0.2) is 25.6 Å². The highest BCUT2D eigenvalue weighted by molar-refractivity contribution is 6.03. The molecule has 156 valence electrons. The van der Waals surface area contributed by atoms with Gasteiger partial charge in [-0.3, -0.25) is 4.79 Å². The van der Waals surface area contributed by atoms with Crippen molar-refractivity contribution >= 4 is 21.9 Å². The zero-order valence-corrected chi connectivity index (χ0v) is 17.9. The van der Waals surface area contributed by atoms with Crippen LogP contribution in [0.25, 0.3) is 21.9 Å². The Morgan fingerprint density at radius 1 is 1.10 bits per heavy atom. The van der Waals surface area contributed by atoms with Crippen molar-refractivity contribution in [2.24, 2.45) is 0 Å². The highest BCUT2D eigenvalue weighted by Crippen LogP contribution is 2.38. The van der Waals surface area contributed by atoms with Gasteiger partial charge in [0.05, 0.1) is 24.8 Å². The fourth-order valence-electron chi connectivity index (χ4n) is 3.88. The number of rotatable bonds is 7. The fraction of sp³-hybridized carbons (Fsp3) is 0.320. The van der Waals surface area contributed by atoms with Gasteiger partial charge >= 0.3 is 0 Å². The molecule has 0 fully saturated rings. The number of ether oxygens (including phenoxy) is 1. The summed E-state index contributed by atoms with van der Waals surface area (Å²) in [6.45, 7) is 5.13. The van der Waals surface area contributed by atoms with Crippen LogP contribution in [0.1, 0.15) is 36.1 Å². The minimum absolute atomic E-state index is 0.0591. The van der Waals surface area contributed by atoms with Gasteiger partial charge in [-0.05, 0) is 50.6 Å². The summed E-state index contributed by atoms with van der Waals surface area (Å²) in [7, 11) is 3.88. The third-order valence-electron chi connectivity index (χ3n) is 5.49. The molecule has 2 aromatic heterocycles. The van der Waals surface area contributed by atoms with Gasteiger partial charge in [0, 0.05) is 11.5 Å². The zero-order valence-electron chi connectivity index (χ0n) is 17.9. The summed E-state index contributed by atoms with van der Waals surface area (Å²) in [5, 5.41) is 1.43. The number of benzene rings is 2. The van der Waals surface area contributed by atoms with Crippen LogP contribution in [0.2, 0.25) is 0 Å². The summed E-state index contributed by atoms with van der Waals surface area (Å²) in [4.78, 5) is 14.9. The summed E-state index contributed by atoms with van der Waals surface area (Å²) in [5.41, 5.74) is 3.15. The topological polar surface area (TPSA) is 55.8 Å². The molecule has 0 saturated heterocycles. The Morgan fingerprint density at radius 3 is 2.60 bits per heavy atom. The number of hydrogen-bond acceptors (Lipinski definition) is 5. The molecule has 1 atom stereocenters. The Morgan fingerprint density at radius 2 is 1.87 bits per heavy atom. The molecule has 2 aromatic carbocycles. The lowest BCUT2D eigenvalue weighted by Crippen LogP contribution is -2.14. The number of furan rings is 1. The van der Waals surface area contributed by atoms with E-state index in [9.17, 15) is 4.79 Å². The maximum absolute atomic E-state index is 12.9. The summed E-state index contributed by atoms with van der Waals surface area (Å²) in [6.07, 6.45) is 2.46. The molecule has 0 unspecified atom stereocenters. The Bertz CT molecular complexity index is 1220. The SMILES string of the molecule is Cc1c2ccoc2c(OCC[C@@H](C)c2ccccc2)c2oc(CN(C)C)cc(=O)c12. The molecule has 4 rings (SSSR count). The van der Waals surface area contributed by atoms with Crippen molar-refractivity contribution in [3.63, 3.8) is 0 Å². The van der Waals surface area contributed by atoms with E-state index in [1.807, 2.05) is 50.2 Å². The molecule has 0 aliphatic heterocycles. The molecule has 5 nitrogen and oxygen atoms in total. The molecule has 5 heteroatoms. The Kier molecular flexibility index (Phi) is 5.64. The zero-order chi connectivity index (χ0) is 21.3. The first-order valence-electron chi connectivity index (χ1n) is 10.2. The van der Waals surface area contributed by atoms with E-state index < -0.39 is 0 Å². The normalized spacial score (nSPS) is 12.7. The molecule has 4 aromatic rings. The average molecular weight is 405 g/mol. The maximum Gasteiger partial charge on any atom is 0.206 e. The predicted octanol–water partition coefficient (Wildman–Crippen LogP) is 5.48. The number of hydrogen-bond donors (Lipinski definition) is 0. The molecule has 0 aliphatic rings. The van der Waals surface area contributed by atoms with E-state index in [2.05, 4.69) is 19.1 Å². The van der Waals surface area contributed by atoms with Crippen molar-refractivity contribution < 1.29 is 13.6 Å². The third kappa shape index (κ3) is 3.85. The second kappa shape index (κ2) is 8.36. The molecular formula is C25H27NO4. The predicted molar refractivity (Wildman–Crippen MR) is 119 cm³/mol. The van der Waals surface area contributed by atoms with Gasteiger partial charge in [-0.1, -0.05) is 37.3 Å². The van der Waals surface area contributed by atoms with Crippen molar-refractivity contribution in [2.75, 3.05) is 20.7 Å². The first kappa shape index (κ1) is 20.2. The molecule has 0 spiro atoms. The molecule has 0 saturated carbocycles. The minimum Gasteiger partial charge on any atom is -0.486 e.